The average molecular weight is 346 g/mol. The van der Waals surface area contributed by atoms with E-state index < -0.39 is 0 Å². The Kier molecular flexibility index (Phi) is 3.41. The first-order valence-corrected chi connectivity index (χ1v) is 8.65. The molecule has 4 aromatic rings. The molecule has 26 heavy (non-hydrogen) atoms. The van der Waals surface area contributed by atoms with Crippen molar-refractivity contribution in [3.05, 3.63) is 60.3 Å². The number of fused-ring (bicyclic) bond motifs is 4. The molecule has 0 saturated heterocycles. The Morgan fingerprint density at radius 1 is 1.12 bits per heavy atom. The molecule has 5 rings (SSSR count). The van der Waals surface area contributed by atoms with Crippen LogP contribution in [0.4, 0.5) is 5.82 Å². The number of anilines is 1. The van der Waals surface area contributed by atoms with Crippen LogP contribution in [0.3, 0.4) is 0 Å². The largest absolute Gasteiger partial charge is 0.486 e. The number of benzene rings is 2. The Labute approximate surface area is 150 Å². The Balaban J connectivity index is 1.44. The van der Waals surface area contributed by atoms with Crippen LogP contribution in [0.5, 0.6) is 11.5 Å². The van der Waals surface area contributed by atoms with E-state index in [1.165, 1.54) is 0 Å². The maximum atomic E-state index is 6.02. The first-order chi connectivity index (χ1) is 12.8. The summed E-state index contributed by atoms with van der Waals surface area (Å²) < 4.78 is 13.7. The molecule has 1 aliphatic rings. The van der Waals surface area contributed by atoms with Crippen molar-refractivity contribution in [2.45, 2.75) is 13.0 Å². The number of nitrogens with one attached hydrogen (secondary N) is 1. The second kappa shape index (κ2) is 5.91. The van der Waals surface area contributed by atoms with Crippen molar-refractivity contribution >= 4 is 22.4 Å². The van der Waals surface area contributed by atoms with Gasteiger partial charge in [-0.25, -0.2) is 9.50 Å². The Bertz CT molecular complexity index is 1110. The maximum absolute atomic E-state index is 6.02. The van der Waals surface area contributed by atoms with Gasteiger partial charge in [0.25, 0.3) is 0 Å². The summed E-state index contributed by atoms with van der Waals surface area (Å²) in [4.78, 5) is 4.75. The van der Waals surface area contributed by atoms with Gasteiger partial charge in [-0.1, -0.05) is 24.3 Å². The van der Waals surface area contributed by atoms with Gasteiger partial charge in [0.1, 0.15) is 18.5 Å². The molecule has 0 bridgehead atoms. The molecule has 0 aliphatic carbocycles. The summed E-state index contributed by atoms with van der Waals surface area (Å²) >= 11 is 0. The van der Waals surface area contributed by atoms with Gasteiger partial charge in [-0.15, -0.1) is 0 Å². The first-order valence-electron chi connectivity index (χ1n) is 8.65. The fourth-order valence-corrected chi connectivity index (χ4v) is 3.29. The fraction of sp³-hybridized carbons (Fsp3) is 0.200. The van der Waals surface area contributed by atoms with E-state index >= 15 is 0 Å². The second-order valence-corrected chi connectivity index (χ2v) is 6.41. The summed E-state index contributed by atoms with van der Waals surface area (Å²) in [7, 11) is 0. The van der Waals surface area contributed by atoms with Gasteiger partial charge in [0, 0.05) is 11.5 Å². The molecule has 0 radical (unpaired) electrons. The van der Waals surface area contributed by atoms with Crippen LogP contribution in [0.25, 0.3) is 16.6 Å². The summed E-state index contributed by atoms with van der Waals surface area (Å²) in [6.45, 7) is 3.09. The molecule has 1 unspecified atom stereocenters. The van der Waals surface area contributed by atoms with Crippen LogP contribution in [-0.4, -0.2) is 33.9 Å². The van der Waals surface area contributed by atoms with Crippen LogP contribution in [0.1, 0.15) is 5.69 Å². The normalized spacial score (nSPS) is 16.1. The van der Waals surface area contributed by atoms with E-state index in [-0.39, 0.29) is 6.10 Å². The highest BCUT2D eigenvalue weighted by Gasteiger charge is 2.21. The number of aryl methyl sites for hydroxylation is 1. The van der Waals surface area contributed by atoms with Crippen molar-refractivity contribution in [2.24, 2.45) is 0 Å². The van der Waals surface area contributed by atoms with Crippen molar-refractivity contribution in [3.8, 4) is 11.5 Å². The highest BCUT2D eigenvalue weighted by Crippen LogP contribution is 2.31. The minimum Gasteiger partial charge on any atom is -0.486 e. The van der Waals surface area contributed by atoms with E-state index in [4.69, 9.17) is 14.5 Å². The van der Waals surface area contributed by atoms with Gasteiger partial charge in [0.15, 0.2) is 17.1 Å². The molecule has 6 nitrogen and oxygen atoms in total. The van der Waals surface area contributed by atoms with E-state index in [9.17, 15) is 0 Å². The molecule has 6 heteroatoms. The van der Waals surface area contributed by atoms with Crippen LogP contribution < -0.4 is 14.8 Å². The molecular weight excluding hydrogens is 328 g/mol. The Hall–Kier alpha value is -3.28. The van der Waals surface area contributed by atoms with E-state index in [0.29, 0.717) is 13.2 Å². The lowest BCUT2D eigenvalue weighted by Gasteiger charge is -2.26. The number of ether oxygens (including phenoxy) is 2. The zero-order valence-electron chi connectivity index (χ0n) is 14.3. The van der Waals surface area contributed by atoms with Crippen LogP contribution in [0, 0.1) is 6.92 Å². The third kappa shape index (κ3) is 2.50. The van der Waals surface area contributed by atoms with Crippen molar-refractivity contribution in [1.29, 1.82) is 0 Å². The molecule has 3 heterocycles. The SMILES string of the molecule is Cc1cc2nc(NCC3COc4ccccc4O3)c3ccccc3n2n1. The van der Waals surface area contributed by atoms with E-state index in [1.807, 2.05) is 53.9 Å². The summed E-state index contributed by atoms with van der Waals surface area (Å²) in [6.07, 6.45) is -0.0756. The highest BCUT2D eigenvalue weighted by atomic mass is 16.6. The smallest absolute Gasteiger partial charge is 0.161 e. The molecule has 0 saturated carbocycles. The lowest BCUT2D eigenvalue weighted by molar-refractivity contribution is 0.0997. The van der Waals surface area contributed by atoms with Crippen molar-refractivity contribution in [2.75, 3.05) is 18.5 Å². The predicted octanol–water partition coefficient (Wildman–Crippen LogP) is 3.44. The van der Waals surface area contributed by atoms with Crippen LogP contribution in [0.2, 0.25) is 0 Å². The molecule has 1 N–H and O–H groups in total. The van der Waals surface area contributed by atoms with E-state index in [2.05, 4.69) is 22.5 Å². The minimum absolute atomic E-state index is 0.0756. The van der Waals surface area contributed by atoms with Gasteiger partial charge < -0.3 is 14.8 Å². The highest BCUT2D eigenvalue weighted by molar-refractivity contribution is 5.91. The standard InChI is InChI=1S/C20H18N4O2/c1-13-10-19-22-20(15-6-2-3-7-16(15)24(19)23-13)21-11-14-12-25-17-8-4-5-9-18(17)26-14/h2-10,14H,11-12H2,1H3,(H,21,22). The van der Waals surface area contributed by atoms with Gasteiger partial charge in [0.2, 0.25) is 0 Å². The number of hydrogen-bond donors (Lipinski definition) is 1. The molecule has 2 aromatic heterocycles. The van der Waals surface area contributed by atoms with E-state index in [0.717, 1.165) is 39.6 Å². The predicted molar refractivity (Wildman–Crippen MR) is 100 cm³/mol. The third-order valence-electron chi connectivity index (χ3n) is 4.49. The van der Waals surface area contributed by atoms with Crippen molar-refractivity contribution < 1.29 is 9.47 Å². The van der Waals surface area contributed by atoms with Gasteiger partial charge in [-0.2, -0.15) is 5.10 Å². The van der Waals surface area contributed by atoms with Crippen molar-refractivity contribution in [1.82, 2.24) is 14.6 Å². The second-order valence-electron chi connectivity index (χ2n) is 6.41. The third-order valence-corrected chi connectivity index (χ3v) is 4.49. The molecule has 2 aromatic carbocycles. The van der Waals surface area contributed by atoms with Crippen LogP contribution in [-0.2, 0) is 0 Å². The van der Waals surface area contributed by atoms with Gasteiger partial charge in [-0.3, -0.25) is 0 Å². The maximum Gasteiger partial charge on any atom is 0.161 e. The molecule has 130 valence electrons. The number of aromatic nitrogens is 3. The summed E-state index contributed by atoms with van der Waals surface area (Å²) in [6, 6.07) is 17.8. The Morgan fingerprint density at radius 2 is 1.92 bits per heavy atom. The van der Waals surface area contributed by atoms with Gasteiger partial charge in [0.05, 0.1) is 17.8 Å². The number of para-hydroxylation sites is 3. The average Bonchev–Trinajstić information content (AvgIpc) is 3.06. The first kappa shape index (κ1) is 15.0. The molecule has 0 amide bonds. The van der Waals surface area contributed by atoms with Gasteiger partial charge in [-0.05, 0) is 31.2 Å². The molecule has 0 fully saturated rings. The monoisotopic (exact) mass is 346 g/mol. The topological polar surface area (TPSA) is 60.7 Å². The molecular formula is C20H18N4O2. The zero-order valence-corrected chi connectivity index (χ0v) is 14.3. The summed E-state index contributed by atoms with van der Waals surface area (Å²) in [5.41, 5.74) is 2.80. The van der Waals surface area contributed by atoms with Crippen LogP contribution >= 0.6 is 0 Å². The lowest BCUT2D eigenvalue weighted by atomic mass is 10.2. The lowest BCUT2D eigenvalue weighted by Crippen LogP contribution is -2.35. The molecule has 0 spiro atoms. The van der Waals surface area contributed by atoms with Crippen molar-refractivity contribution in [3.63, 3.8) is 0 Å². The number of hydrogen-bond acceptors (Lipinski definition) is 5. The van der Waals surface area contributed by atoms with Crippen LogP contribution in [0.15, 0.2) is 54.6 Å². The zero-order chi connectivity index (χ0) is 17.5. The molecule has 1 aliphatic heterocycles. The molecule has 1 atom stereocenters. The quantitative estimate of drug-likeness (QED) is 0.616. The number of nitrogens with zero attached hydrogens (tertiary/aromatic N) is 3. The number of rotatable bonds is 3. The summed E-state index contributed by atoms with van der Waals surface area (Å²) in [5, 5.41) is 9.00. The van der Waals surface area contributed by atoms with Gasteiger partial charge >= 0.3 is 0 Å². The summed E-state index contributed by atoms with van der Waals surface area (Å²) in [5.74, 6) is 2.41. The van der Waals surface area contributed by atoms with E-state index in [1.54, 1.807) is 0 Å². The minimum atomic E-state index is -0.0756. The Morgan fingerprint density at radius 3 is 2.85 bits per heavy atom. The fourth-order valence-electron chi connectivity index (χ4n) is 3.29.